The second-order valence-corrected chi connectivity index (χ2v) is 14.2. The third-order valence-electron chi connectivity index (χ3n) is 6.09. The molecule has 41 heavy (non-hydrogen) atoms. The normalized spacial score (nSPS) is 13.0. The van der Waals surface area contributed by atoms with Crippen molar-refractivity contribution in [2.45, 2.75) is 53.2 Å². The van der Waals surface area contributed by atoms with E-state index in [1.807, 2.05) is 6.07 Å². The lowest BCUT2D eigenvalue weighted by molar-refractivity contribution is -0.132. The Morgan fingerprint density at radius 2 is 1.46 bits per heavy atom. The first kappa shape index (κ1) is 34.2. The lowest BCUT2D eigenvalue weighted by Gasteiger charge is -2.29. The number of ether oxygens (including phenoxy) is 1. The summed E-state index contributed by atoms with van der Waals surface area (Å²) in [5.41, 5.74) is 5.99. The van der Waals surface area contributed by atoms with Crippen LogP contribution in [0.4, 0.5) is 4.79 Å². The average Bonchev–Trinajstić information content (AvgIpc) is 2.91. The number of carbonyl (C=O) groups excluding carboxylic acids is 2. The minimum absolute atomic E-state index is 0.0305. The second kappa shape index (κ2) is 15.3. The number of benzene rings is 2. The number of amides is 2. The quantitative estimate of drug-likeness (QED) is 0.277. The smallest absolute Gasteiger partial charge is 0.416 e. The van der Waals surface area contributed by atoms with Crippen molar-refractivity contribution in [3.63, 3.8) is 0 Å². The van der Waals surface area contributed by atoms with E-state index in [9.17, 15) is 26.4 Å². The van der Waals surface area contributed by atoms with E-state index < -0.39 is 55.2 Å². The number of para-hydroxylation sites is 1. The van der Waals surface area contributed by atoms with Crippen LogP contribution >= 0.6 is 0 Å². The van der Waals surface area contributed by atoms with E-state index in [1.54, 1.807) is 70.2 Å². The Hall–Kier alpha value is -3.00. The highest BCUT2D eigenvalue weighted by Gasteiger charge is 2.32. The SMILES string of the molecule is CC(C)[C@H](N)C(=O)N(CCC(C)(C)COS(=O)(=O)CCCS(=O)(=O)Oc1ccccc1)C(=O)OCc1ccccc1. The molecule has 0 radical (unpaired) electrons. The van der Waals surface area contributed by atoms with Crippen molar-refractivity contribution in [3.05, 3.63) is 66.2 Å². The molecule has 0 saturated heterocycles. The summed E-state index contributed by atoms with van der Waals surface area (Å²) in [6.07, 6.45) is -0.877. The molecule has 0 fully saturated rings. The molecule has 0 heterocycles. The van der Waals surface area contributed by atoms with Crippen LogP contribution in [0, 0.1) is 11.3 Å². The molecule has 2 rings (SSSR count). The van der Waals surface area contributed by atoms with Gasteiger partial charge >= 0.3 is 16.2 Å². The van der Waals surface area contributed by atoms with Gasteiger partial charge in [0.1, 0.15) is 12.4 Å². The summed E-state index contributed by atoms with van der Waals surface area (Å²) >= 11 is 0. The Morgan fingerprint density at radius 3 is 2.05 bits per heavy atom. The summed E-state index contributed by atoms with van der Waals surface area (Å²) < 4.78 is 64.7. The first-order chi connectivity index (χ1) is 19.1. The summed E-state index contributed by atoms with van der Waals surface area (Å²) in [4.78, 5) is 26.8. The molecule has 0 aromatic heterocycles. The Morgan fingerprint density at radius 1 is 0.902 bits per heavy atom. The largest absolute Gasteiger partial charge is 0.444 e. The van der Waals surface area contributed by atoms with Crippen molar-refractivity contribution in [2.75, 3.05) is 24.7 Å². The maximum atomic E-state index is 13.0. The lowest BCUT2D eigenvalue weighted by atomic mass is 9.90. The molecular formula is C28H40N2O9S2. The van der Waals surface area contributed by atoms with Crippen molar-refractivity contribution in [1.82, 2.24) is 4.90 Å². The van der Waals surface area contributed by atoms with Crippen molar-refractivity contribution in [2.24, 2.45) is 17.1 Å². The minimum Gasteiger partial charge on any atom is -0.444 e. The van der Waals surface area contributed by atoms with Gasteiger partial charge in [0.25, 0.3) is 10.1 Å². The lowest BCUT2D eigenvalue weighted by Crippen LogP contribution is -2.50. The molecule has 2 aromatic rings. The Labute approximate surface area is 243 Å². The Balaban J connectivity index is 1.92. The summed E-state index contributed by atoms with van der Waals surface area (Å²) in [6, 6.07) is 16.0. The number of hydrogen-bond donors (Lipinski definition) is 1. The number of imide groups is 1. The van der Waals surface area contributed by atoms with Gasteiger partial charge in [-0.15, -0.1) is 0 Å². The predicted molar refractivity (Wildman–Crippen MR) is 155 cm³/mol. The van der Waals surface area contributed by atoms with Crippen LogP contribution in [-0.4, -0.2) is 64.4 Å². The number of nitrogens with two attached hydrogens (primary N) is 1. The van der Waals surface area contributed by atoms with E-state index in [0.29, 0.717) is 0 Å². The highest BCUT2D eigenvalue weighted by Crippen LogP contribution is 2.23. The third-order valence-corrected chi connectivity index (χ3v) is 8.59. The predicted octanol–water partition coefficient (Wildman–Crippen LogP) is 3.70. The van der Waals surface area contributed by atoms with Gasteiger partial charge in [-0.2, -0.15) is 16.8 Å². The number of hydrogen-bond acceptors (Lipinski definition) is 10. The van der Waals surface area contributed by atoms with Gasteiger partial charge < -0.3 is 14.7 Å². The van der Waals surface area contributed by atoms with Gasteiger partial charge in [0, 0.05) is 6.54 Å². The van der Waals surface area contributed by atoms with Crippen LogP contribution in [0.3, 0.4) is 0 Å². The molecule has 2 N–H and O–H groups in total. The zero-order valence-corrected chi connectivity index (χ0v) is 25.5. The maximum absolute atomic E-state index is 13.0. The molecule has 2 amide bonds. The van der Waals surface area contributed by atoms with Gasteiger partial charge in [-0.1, -0.05) is 76.2 Å². The van der Waals surface area contributed by atoms with Crippen LogP contribution in [0.25, 0.3) is 0 Å². The number of rotatable bonds is 16. The zero-order valence-electron chi connectivity index (χ0n) is 23.9. The van der Waals surface area contributed by atoms with Gasteiger partial charge in [-0.05, 0) is 41.9 Å². The number of carbonyl (C=O) groups is 2. The van der Waals surface area contributed by atoms with Crippen molar-refractivity contribution in [3.8, 4) is 5.75 Å². The molecule has 0 aliphatic carbocycles. The number of nitrogens with zero attached hydrogens (tertiary/aromatic N) is 1. The van der Waals surface area contributed by atoms with E-state index in [4.69, 9.17) is 18.8 Å². The standard InChI is InChI=1S/C28H40N2O9S2/c1-22(2)25(29)26(31)30(27(32)37-20-23-12-7-5-8-13-23)17-16-28(3,4)21-38-40(33,34)18-11-19-41(35,36)39-24-14-9-6-10-15-24/h5-10,12-15,22,25H,11,16-21,29H2,1-4H3/t25-/m0/s1. The molecule has 0 saturated carbocycles. The van der Waals surface area contributed by atoms with Gasteiger partial charge in [0.05, 0.1) is 24.2 Å². The summed E-state index contributed by atoms with van der Waals surface area (Å²) in [5, 5.41) is 0. The topological polar surface area (TPSA) is 159 Å². The van der Waals surface area contributed by atoms with Gasteiger partial charge in [0.15, 0.2) is 0 Å². The fourth-order valence-electron chi connectivity index (χ4n) is 3.43. The van der Waals surface area contributed by atoms with E-state index in [1.165, 1.54) is 12.1 Å². The van der Waals surface area contributed by atoms with Crippen molar-refractivity contribution in [1.29, 1.82) is 0 Å². The third kappa shape index (κ3) is 12.6. The minimum atomic E-state index is -4.06. The Kier molecular flexibility index (Phi) is 12.8. The van der Waals surface area contributed by atoms with Gasteiger partial charge in [0.2, 0.25) is 5.91 Å². The molecule has 11 nitrogen and oxygen atoms in total. The van der Waals surface area contributed by atoms with Crippen LogP contribution in [-0.2, 0) is 40.6 Å². The summed E-state index contributed by atoms with van der Waals surface area (Å²) in [6.45, 7) is 6.62. The summed E-state index contributed by atoms with van der Waals surface area (Å²) in [7, 11) is -8.04. The second-order valence-electron chi connectivity index (χ2n) is 10.7. The van der Waals surface area contributed by atoms with E-state index in [0.717, 1.165) is 10.5 Å². The monoisotopic (exact) mass is 612 g/mol. The fraction of sp³-hybridized carbons (Fsp3) is 0.500. The highest BCUT2D eigenvalue weighted by molar-refractivity contribution is 7.87. The molecule has 0 spiro atoms. The van der Waals surface area contributed by atoms with E-state index in [2.05, 4.69) is 0 Å². The van der Waals surface area contributed by atoms with Crippen molar-refractivity contribution < 1.29 is 39.5 Å². The van der Waals surface area contributed by atoms with Crippen LogP contribution in [0.15, 0.2) is 60.7 Å². The van der Waals surface area contributed by atoms with Gasteiger partial charge in [-0.3, -0.25) is 8.98 Å². The molecule has 0 unspecified atom stereocenters. The van der Waals surface area contributed by atoms with Gasteiger partial charge in [-0.25, -0.2) is 9.69 Å². The van der Waals surface area contributed by atoms with Crippen molar-refractivity contribution >= 4 is 32.2 Å². The molecule has 228 valence electrons. The molecule has 0 aliphatic heterocycles. The molecule has 1 atom stereocenters. The highest BCUT2D eigenvalue weighted by atomic mass is 32.2. The van der Waals surface area contributed by atoms with Crippen LogP contribution in [0.2, 0.25) is 0 Å². The van der Waals surface area contributed by atoms with E-state index >= 15 is 0 Å². The van der Waals surface area contributed by atoms with E-state index in [-0.39, 0.29) is 44.3 Å². The first-order valence-electron chi connectivity index (χ1n) is 13.2. The summed E-state index contributed by atoms with van der Waals surface area (Å²) in [5.74, 6) is -1.72. The molecule has 0 bridgehead atoms. The average molecular weight is 613 g/mol. The van der Waals surface area contributed by atoms with Crippen LogP contribution < -0.4 is 9.92 Å². The first-order valence-corrected chi connectivity index (χ1v) is 16.4. The molecule has 13 heteroatoms. The van der Waals surface area contributed by atoms with Crippen LogP contribution in [0.1, 0.15) is 46.1 Å². The molecular weight excluding hydrogens is 572 g/mol. The zero-order chi connectivity index (χ0) is 30.7. The molecule has 2 aromatic carbocycles. The fourth-order valence-corrected chi connectivity index (χ4v) is 5.71. The van der Waals surface area contributed by atoms with Crippen LogP contribution in [0.5, 0.6) is 5.75 Å². The Bertz CT molecular complexity index is 1330. The maximum Gasteiger partial charge on any atom is 0.416 e. The molecule has 0 aliphatic rings.